The van der Waals surface area contributed by atoms with E-state index in [9.17, 15) is 9.59 Å². The zero-order valence-electron chi connectivity index (χ0n) is 13.0. The first-order chi connectivity index (χ1) is 12.0. The summed E-state index contributed by atoms with van der Waals surface area (Å²) in [6.07, 6.45) is 6.37. The van der Waals surface area contributed by atoms with Crippen LogP contribution in [-0.4, -0.2) is 38.2 Å². The molecule has 6 nitrogen and oxygen atoms in total. The third kappa shape index (κ3) is 3.59. The number of thiocarbonyl (C=S) groups is 1. The zero-order valence-corrected chi connectivity index (χ0v) is 15.4. The number of aromatic nitrogens is 2. The molecule has 1 aliphatic heterocycles. The average molecular weight is 417 g/mol. The monoisotopic (exact) mass is 416 g/mol. The molecular formula is C17H13BrN4O2S. The summed E-state index contributed by atoms with van der Waals surface area (Å²) in [5, 5.41) is 6.85. The second-order valence-corrected chi connectivity index (χ2v) is 6.52. The van der Waals surface area contributed by atoms with Crippen molar-refractivity contribution in [2.75, 3.05) is 6.54 Å². The van der Waals surface area contributed by atoms with Crippen molar-refractivity contribution >= 4 is 51.2 Å². The average Bonchev–Trinajstić information content (AvgIpc) is 3.05. The molecule has 0 atom stereocenters. The minimum Gasteiger partial charge on any atom is -0.298 e. The predicted molar refractivity (Wildman–Crippen MR) is 102 cm³/mol. The minimum atomic E-state index is -0.522. The summed E-state index contributed by atoms with van der Waals surface area (Å²) < 4.78 is 2.63. The number of carbonyl (C=O) groups is 2. The molecule has 1 N–H and O–H groups in total. The molecule has 8 heteroatoms. The van der Waals surface area contributed by atoms with E-state index < -0.39 is 11.8 Å². The van der Waals surface area contributed by atoms with Crippen molar-refractivity contribution in [2.24, 2.45) is 0 Å². The van der Waals surface area contributed by atoms with Gasteiger partial charge in [-0.3, -0.25) is 19.8 Å². The van der Waals surface area contributed by atoms with E-state index >= 15 is 0 Å². The highest BCUT2D eigenvalue weighted by Crippen LogP contribution is 2.17. The summed E-state index contributed by atoms with van der Waals surface area (Å²) >= 11 is 8.40. The van der Waals surface area contributed by atoms with Crippen molar-refractivity contribution in [1.29, 1.82) is 0 Å². The van der Waals surface area contributed by atoms with Gasteiger partial charge < -0.3 is 0 Å². The Hall–Kier alpha value is -2.58. The number of halogens is 1. The first kappa shape index (κ1) is 17.2. The molecule has 0 spiro atoms. The van der Waals surface area contributed by atoms with Gasteiger partial charge in [0.1, 0.15) is 5.57 Å². The van der Waals surface area contributed by atoms with E-state index in [-0.39, 0.29) is 17.2 Å². The Morgan fingerprint density at radius 2 is 2.00 bits per heavy atom. The molecule has 2 amide bonds. The van der Waals surface area contributed by atoms with Gasteiger partial charge in [0.05, 0.1) is 11.9 Å². The van der Waals surface area contributed by atoms with Crippen LogP contribution >= 0.6 is 28.1 Å². The lowest BCUT2D eigenvalue weighted by molar-refractivity contribution is -0.128. The number of carbonyl (C=O) groups excluding carboxylic acids is 2. The van der Waals surface area contributed by atoms with Crippen LogP contribution in [0.2, 0.25) is 0 Å². The molecule has 25 heavy (non-hydrogen) atoms. The number of nitrogens with one attached hydrogen (secondary N) is 1. The Balaban J connectivity index is 1.90. The molecule has 0 saturated carbocycles. The molecule has 0 bridgehead atoms. The molecule has 1 aromatic carbocycles. The summed E-state index contributed by atoms with van der Waals surface area (Å²) in [6, 6.07) is 7.61. The third-order valence-corrected chi connectivity index (χ3v) is 4.35. The summed E-state index contributed by atoms with van der Waals surface area (Å²) in [5.74, 6) is -0.975. The van der Waals surface area contributed by atoms with Gasteiger partial charge >= 0.3 is 0 Å². The molecule has 0 radical (unpaired) electrons. The Morgan fingerprint density at radius 1 is 1.28 bits per heavy atom. The Labute approximate surface area is 157 Å². The molecule has 1 aromatic heterocycles. The van der Waals surface area contributed by atoms with Gasteiger partial charge in [-0.05, 0) is 42.6 Å². The SMILES string of the molecule is C=CCN1C(=O)/C(=C/c2cnn(-c3ccc(Br)cc3)c2)C(=O)NC1=S. The van der Waals surface area contributed by atoms with Crippen LogP contribution < -0.4 is 5.32 Å². The van der Waals surface area contributed by atoms with Crippen LogP contribution in [0.1, 0.15) is 5.56 Å². The van der Waals surface area contributed by atoms with E-state index in [0.29, 0.717) is 5.56 Å². The third-order valence-electron chi connectivity index (χ3n) is 3.50. The number of hydrogen-bond acceptors (Lipinski definition) is 4. The van der Waals surface area contributed by atoms with Crippen LogP contribution in [0.3, 0.4) is 0 Å². The quantitative estimate of drug-likeness (QED) is 0.359. The van der Waals surface area contributed by atoms with Crippen LogP contribution in [-0.2, 0) is 9.59 Å². The summed E-state index contributed by atoms with van der Waals surface area (Å²) in [4.78, 5) is 25.9. The van der Waals surface area contributed by atoms with Crippen molar-refractivity contribution in [3.05, 3.63) is 64.9 Å². The fourth-order valence-electron chi connectivity index (χ4n) is 2.30. The van der Waals surface area contributed by atoms with E-state index in [1.165, 1.54) is 11.0 Å². The first-order valence-corrected chi connectivity index (χ1v) is 8.50. The lowest BCUT2D eigenvalue weighted by atomic mass is 10.1. The molecule has 2 heterocycles. The van der Waals surface area contributed by atoms with Crippen molar-refractivity contribution in [1.82, 2.24) is 20.0 Å². The van der Waals surface area contributed by atoms with E-state index in [1.54, 1.807) is 23.2 Å². The van der Waals surface area contributed by atoms with Crippen molar-refractivity contribution in [2.45, 2.75) is 0 Å². The Morgan fingerprint density at radius 3 is 2.68 bits per heavy atom. The van der Waals surface area contributed by atoms with Crippen molar-refractivity contribution in [3.8, 4) is 5.69 Å². The Bertz CT molecular complexity index is 902. The van der Waals surface area contributed by atoms with Crippen LogP contribution in [0, 0.1) is 0 Å². The number of benzene rings is 1. The number of nitrogens with zero attached hydrogens (tertiary/aromatic N) is 3. The maximum atomic E-state index is 12.5. The lowest BCUT2D eigenvalue weighted by Crippen LogP contribution is -2.53. The van der Waals surface area contributed by atoms with Crippen LogP contribution in [0.4, 0.5) is 0 Å². The van der Waals surface area contributed by atoms with Gasteiger partial charge in [-0.1, -0.05) is 22.0 Å². The molecule has 126 valence electrons. The van der Waals surface area contributed by atoms with Crippen molar-refractivity contribution < 1.29 is 9.59 Å². The molecular weight excluding hydrogens is 404 g/mol. The predicted octanol–water partition coefficient (Wildman–Crippen LogP) is 2.45. The first-order valence-electron chi connectivity index (χ1n) is 7.30. The van der Waals surface area contributed by atoms with Gasteiger partial charge in [0.15, 0.2) is 5.11 Å². The van der Waals surface area contributed by atoms with Gasteiger partial charge in [-0.25, -0.2) is 4.68 Å². The highest BCUT2D eigenvalue weighted by molar-refractivity contribution is 9.10. The highest BCUT2D eigenvalue weighted by Gasteiger charge is 2.32. The second kappa shape index (κ2) is 7.12. The molecule has 3 rings (SSSR count). The molecule has 0 aliphatic carbocycles. The zero-order chi connectivity index (χ0) is 18.0. The van der Waals surface area contributed by atoms with Gasteiger partial charge in [-0.15, -0.1) is 6.58 Å². The van der Waals surface area contributed by atoms with E-state index in [2.05, 4.69) is 32.9 Å². The number of rotatable bonds is 4. The molecule has 1 saturated heterocycles. The standard InChI is InChI=1S/C17H13BrN4O2S/c1-2-7-21-16(24)14(15(23)20-17(21)25)8-11-9-19-22(10-11)13-5-3-12(18)4-6-13/h2-6,8-10H,1,7H2,(H,20,23,25)/b14-8+. The van der Waals surface area contributed by atoms with Crippen LogP contribution in [0.5, 0.6) is 0 Å². The summed E-state index contributed by atoms with van der Waals surface area (Å²) in [7, 11) is 0. The fraction of sp³-hybridized carbons (Fsp3) is 0.0588. The maximum absolute atomic E-state index is 12.5. The fourth-order valence-corrected chi connectivity index (χ4v) is 2.82. The highest BCUT2D eigenvalue weighted by atomic mass is 79.9. The van der Waals surface area contributed by atoms with Gasteiger partial charge in [0, 0.05) is 22.8 Å². The van der Waals surface area contributed by atoms with Gasteiger partial charge in [0.25, 0.3) is 11.8 Å². The van der Waals surface area contributed by atoms with Gasteiger partial charge in [-0.2, -0.15) is 5.10 Å². The Kier molecular flexibility index (Phi) is 4.91. The summed E-state index contributed by atoms with van der Waals surface area (Å²) in [6.45, 7) is 3.82. The molecule has 2 aromatic rings. The number of amides is 2. The summed E-state index contributed by atoms with van der Waals surface area (Å²) in [5.41, 5.74) is 1.50. The molecule has 0 unspecified atom stereocenters. The smallest absolute Gasteiger partial charge is 0.265 e. The molecule has 1 fully saturated rings. The van der Waals surface area contributed by atoms with Crippen LogP contribution in [0.25, 0.3) is 11.8 Å². The topological polar surface area (TPSA) is 67.2 Å². The lowest BCUT2D eigenvalue weighted by Gasteiger charge is -2.27. The minimum absolute atomic E-state index is 0.00538. The van der Waals surface area contributed by atoms with Crippen LogP contribution in [0.15, 0.2) is 59.4 Å². The maximum Gasteiger partial charge on any atom is 0.265 e. The second-order valence-electron chi connectivity index (χ2n) is 5.22. The van der Waals surface area contributed by atoms with Crippen molar-refractivity contribution in [3.63, 3.8) is 0 Å². The normalized spacial score (nSPS) is 16.3. The van der Waals surface area contributed by atoms with E-state index in [1.807, 2.05) is 24.3 Å². The molecule has 1 aliphatic rings. The van der Waals surface area contributed by atoms with E-state index in [4.69, 9.17) is 12.2 Å². The largest absolute Gasteiger partial charge is 0.298 e. The van der Waals surface area contributed by atoms with E-state index in [0.717, 1.165) is 10.2 Å². The van der Waals surface area contributed by atoms with Gasteiger partial charge in [0.2, 0.25) is 0 Å². The number of hydrogen-bond donors (Lipinski definition) is 1.